The smallest absolute Gasteiger partial charge is 0.253 e. The van der Waals surface area contributed by atoms with Gasteiger partial charge in [0, 0.05) is 18.6 Å². The van der Waals surface area contributed by atoms with Gasteiger partial charge in [0.2, 0.25) is 0 Å². The summed E-state index contributed by atoms with van der Waals surface area (Å²) in [5.41, 5.74) is 2.05. The maximum Gasteiger partial charge on any atom is 0.253 e. The molecule has 1 aromatic rings. The maximum atomic E-state index is 12.8. The van der Waals surface area contributed by atoms with E-state index in [4.69, 9.17) is 4.52 Å². The lowest BCUT2D eigenvalue weighted by atomic mass is 10.2. The Morgan fingerprint density at radius 3 is 2.59 bits per heavy atom. The average molecular weight is 251 g/mol. The Bertz CT molecular complexity index is 470. The third kappa shape index (κ3) is 2.18. The molecule has 0 unspecified atom stereocenters. The lowest BCUT2D eigenvalue weighted by Gasteiger charge is -2.27. The van der Waals surface area contributed by atoms with E-state index in [-0.39, 0.29) is 5.78 Å². The lowest BCUT2D eigenvalue weighted by Crippen LogP contribution is -2.18. The second-order valence-corrected chi connectivity index (χ2v) is 6.52. The van der Waals surface area contributed by atoms with Gasteiger partial charge in [-0.3, -0.25) is 4.57 Å². The highest BCUT2D eigenvalue weighted by Gasteiger charge is 2.42. The summed E-state index contributed by atoms with van der Waals surface area (Å²) >= 11 is 0. The van der Waals surface area contributed by atoms with Crippen LogP contribution in [0.25, 0.3) is 0 Å². The Hall–Kier alpha value is -1.05. The van der Waals surface area contributed by atoms with Gasteiger partial charge >= 0.3 is 0 Å². The van der Waals surface area contributed by atoms with E-state index in [1.54, 1.807) is 5.82 Å². The van der Waals surface area contributed by atoms with Crippen molar-refractivity contribution in [1.29, 1.82) is 0 Å². The molecule has 0 N–H and O–H groups in total. The molecule has 92 valence electrons. The summed E-state index contributed by atoms with van der Waals surface area (Å²) in [7, 11) is -0.790. The molecule has 1 heterocycles. The molecule has 2 atom stereocenters. The molecule has 0 bridgehead atoms. The minimum atomic E-state index is -2.75. The molecule has 0 spiro atoms. The number of hydrogen-bond acceptors (Lipinski definition) is 3. The predicted molar refractivity (Wildman–Crippen MR) is 69.9 cm³/mol. The standard InChI is InChI=1S/C13H18NO2P/c1-4-16-17(15)10-11(2)14(3)13(17)12-8-6-5-7-9-12/h5-10,13H,4H2,1-3H3/t13-,17-/m1/s1. The van der Waals surface area contributed by atoms with Crippen LogP contribution in [0, 0.1) is 0 Å². The number of nitrogens with zero attached hydrogens (tertiary/aromatic N) is 1. The summed E-state index contributed by atoms with van der Waals surface area (Å²) < 4.78 is 18.4. The van der Waals surface area contributed by atoms with Crippen molar-refractivity contribution in [3.8, 4) is 0 Å². The Balaban J connectivity index is 2.42. The number of benzene rings is 1. The fourth-order valence-electron chi connectivity index (χ4n) is 2.22. The van der Waals surface area contributed by atoms with Crippen LogP contribution < -0.4 is 0 Å². The van der Waals surface area contributed by atoms with Gasteiger partial charge < -0.3 is 9.42 Å². The van der Waals surface area contributed by atoms with Crippen LogP contribution in [-0.4, -0.2) is 18.6 Å². The molecule has 0 aliphatic carbocycles. The van der Waals surface area contributed by atoms with E-state index in [1.165, 1.54) is 0 Å². The first-order valence-electron chi connectivity index (χ1n) is 5.79. The number of rotatable bonds is 3. The van der Waals surface area contributed by atoms with Gasteiger partial charge in [0.25, 0.3) is 7.37 Å². The van der Waals surface area contributed by atoms with Gasteiger partial charge in [-0.1, -0.05) is 30.3 Å². The van der Waals surface area contributed by atoms with Gasteiger partial charge in [0.05, 0.1) is 6.61 Å². The van der Waals surface area contributed by atoms with E-state index in [0.717, 1.165) is 11.3 Å². The Kier molecular flexibility index (Phi) is 3.41. The minimum Gasteiger partial charge on any atom is -0.362 e. The zero-order valence-corrected chi connectivity index (χ0v) is 11.4. The lowest BCUT2D eigenvalue weighted by molar-refractivity contribution is 0.305. The fourth-order valence-corrected chi connectivity index (χ4v) is 4.94. The summed E-state index contributed by atoms with van der Waals surface area (Å²) in [6.45, 7) is 4.32. The summed E-state index contributed by atoms with van der Waals surface area (Å²) in [4.78, 5) is 2.03. The molecule has 0 fully saturated rings. The molecule has 0 saturated carbocycles. The van der Waals surface area contributed by atoms with Gasteiger partial charge in [-0.2, -0.15) is 0 Å². The van der Waals surface area contributed by atoms with Crippen molar-refractivity contribution < 1.29 is 9.09 Å². The molecular formula is C13H18NO2P. The molecule has 4 heteroatoms. The molecule has 0 amide bonds. The van der Waals surface area contributed by atoms with Crippen LogP contribution in [0.15, 0.2) is 41.8 Å². The Labute approximate surface area is 103 Å². The second kappa shape index (κ2) is 4.67. The highest BCUT2D eigenvalue weighted by molar-refractivity contribution is 7.62. The third-order valence-corrected chi connectivity index (χ3v) is 5.78. The monoisotopic (exact) mass is 251 g/mol. The van der Waals surface area contributed by atoms with Crippen LogP contribution in [0.3, 0.4) is 0 Å². The SMILES string of the molecule is CCO[P@]1(=O)C=C(C)N(C)[C@H]1c1ccccc1. The van der Waals surface area contributed by atoms with Crippen LogP contribution in [-0.2, 0) is 9.09 Å². The molecule has 2 rings (SSSR count). The van der Waals surface area contributed by atoms with Crippen molar-refractivity contribution in [2.45, 2.75) is 19.6 Å². The first-order valence-corrected chi connectivity index (χ1v) is 7.56. The zero-order valence-electron chi connectivity index (χ0n) is 10.5. The molecule has 1 aliphatic rings. The summed E-state index contributed by atoms with van der Waals surface area (Å²) in [6, 6.07) is 9.89. The van der Waals surface area contributed by atoms with Crippen molar-refractivity contribution in [3.63, 3.8) is 0 Å². The van der Waals surface area contributed by atoms with Crippen LogP contribution in [0.4, 0.5) is 0 Å². The predicted octanol–water partition coefficient (Wildman–Crippen LogP) is 3.81. The first kappa shape index (κ1) is 12.4. The summed E-state index contributed by atoms with van der Waals surface area (Å²) in [5.74, 6) is 1.61. The Morgan fingerprint density at radius 2 is 2.00 bits per heavy atom. The van der Waals surface area contributed by atoms with E-state index in [1.807, 2.05) is 56.1 Å². The van der Waals surface area contributed by atoms with Crippen molar-refractivity contribution in [1.82, 2.24) is 4.90 Å². The van der Waals surface area contributed by atoms with Gasteiger partial charge in [0.15, 0.2) is 0 Å². The van der Waals surface area contributed by atoms with E-state index in [0.29, 0.717) is 6.61 Å². The minimum absolute atomic E-state index is 0.177. The quantitative estimate of drug-likeness (QED) is 0.765. The van der Waals surface area contributed by atoms with Crippen molar-refractivity contribution >= 4 is 7.37 Å². The van der Waals surface area contributed by atoms with E-state index >= 15 is 0 Å². The third-order valence-electron chi connectivity index (χ3n) is 3.06. The second-order valence-electron chi connectivity index (χ2n) is 4.23. The molecule has 1 aromatic carbocycles. The molecule has 0 radical (unpaired) electrons. The zero-order chi connectivity index (χ0) is 12.5. The van der Waals surface area contributed by atoms with Crippen LogP contribution >= 0.6 is 7.37 Å². The Morgan fingerprint density at radius 1 is 1.35 bits per heavy atom. The molecule has 17 heavy (non-hydrogen) atoms. The van der Waals surface area contributed by atoms with Crippen molar-refractivity contribution in [3.05, 3.63) is 47.4 Å². The van der Waals surface area contributed by atoms with Crippen LogP contribution in [0.5, 0.6) is 0 Å². The van der Waals surface area contributed by atoms with E-state index in [9.17, 15) is 4.57 Å². The highest BCUT2D eigenvalue weighted by atomic mass is 31.2. The molecule has 3 nitrogen and oxygen atoms in total. The molecular weight excluding hydrogens is 233 g/mol. The van der Waals surface area contributed by atoms with Crippen LogP contribution in [0.2, 0.25) is 0 Å². The number of allylic oxidation sites excluding steroid dienone is 1. The largest absolute Gasteiger partial charge is 0.362 e. The fraction of sp³-hybridized carbons (Fsp3) is 0.385. The normalized spacial score (nSPS) is 28.3. The summed E-state index contributed by atoms with van der Waals surface area (Å²) in [5, 5.41) is 0. The van der Waals surface area contributed by atoms with Crippen LogP contribution in [0.1, 0.15) is 25.2 Å². The molecule has 0 aromatic heterocycles. The van der Waals surface area contributed by atoms with E-state index < -0.39 is 7.37 Å². The first-order chi connectivity index (χ1) is 8.08. The topological polar surface area (TPSA) is 29.5 Å². The van der Waals surface area contributed by atoms with Gasteiger partial charge in [0.1, 0.15) is 5.78 Å². The van der Waals surface area contributed by atoms with Crippen molar-refractivity contribution in [2.75, 3.05) is 13.7 Å². The van der Waals surface area contributed by atoms with Gasteiger partial charge in [-0.25, -0.2) is 0 Å². The maximum absolute atomic E-state index is 12.8. The average Bonchev–Trinajstić information content (AvgIpc) is 2.51. The van der Waals surface area contributed by atoms with Gasteiger partial charge in [-0.05, 0) is 19.4 Å². The number of hydrogen-bond donors (Lipinski definition) is 0. The molecule has 0 saturated heterocycles. The van der Waals surface area contributed by atoms with E-state index in [2.05, 4.69) is 0 Å². The molecule has 1 aliphatic heterocycles. The van der Waals surface area contributed by atoms with Crippen molar-refractivity contribution in [2.24, 2.45) is 0 Å². The highest BCUT2D eigenvalue weighted by Crippen LogP contribution is 2.67. The van der Waals surface area contributed by atoms with Gasteiger partial charge in [-0.15, -0.1) is 0 Å². The summed E-state index contributed by atoms with van der Waals surface area (Å²) in [6.07, 6.45) is 0.